The molecule has 1 aliphatic heterocycles. The number of anilines is 1. The van der Waals surface area contributed by atoms with Crippen LogP contribution in [0.1, 0.15) is 21.6 Å². The van der Waals surface area contributed by atoms with Gasteiger partial charge < -0.3 is 20.5 Å². The molecule has 0 spiro atoms. The standard InChI is InChI=1S/C23H21N7O2S/c24-17(21-22(31)28-19-14-33-13-18(19)27-21)11-15-2-1-3-16(10-15)23(32)30-8-6-29(7-9-30)20-12-25-4-5-26-20/h1-5,10-14H,6-9,24H2,(H,28,31)/b17-11-. The maximum absolute atomic E-state index is 13.1. The zero-order valence-corrected chi connectivity index (χ0v) is 18.5. The monoisotopic (exact) mass is 459 g/mol. The van der Waals surface area contributed by atoms with Crippen LogP contribution in [0.15, 0.2) is 58.4 Å². The predicted octanol–water partition coefficient (Wildman–Crippen LogP) is 2.19. The molecule has 4 heterocycles. The summed E-state index contributed by atoms with van der Waals surface area (Å²) in [6.45, 7) is 2.57. The molecule has 166 valence electrons. The number of fused-ring (bicyclic) bond motifs is 1. The summed E-state index contributed by atoms with van der Waals surface area (Å²) in [5.74, 6) is 0.773. The Morgan fingerprint density at radius 2 is 2.00 bits per heavy atom. The molecule has 1 aliphatic rings. The normalized spacial score (nSPS) is 14.6. The van der Waals surface area contributed by atoms with Gasteiger partial charge in [0.15, 0.2) is 5.69 Å². The topological polar surface area (TPSA) is 121 Å². The van der Waals surface area contributed by atoms with Crippen LogP contribution in [0.4, 0.5) is 5.82 Å². The third-order valence-electron chi connectivity index (χ3n) is 5.51. The number of aromatic nitrogens is 4. The Morgan fingerprint density at radius 1 is 1.15 bits per heavy atom. The number of carbonyl (C=O) groups excluding carboxylic acids is 1. The van der Waals surface area contributed by atoms with Gasteiger partial charge in [-0.15, -0.1) is 11.3 Å². The minimum Gasteiger partial charge on any atom is -0.397 e. The van der Waals surface area contributed by atoms with Crippen LogP contribution >= 0.6 is 11.3 Å². The molecule has 1 saturated heterocycles. The van der Waals surface area contributed by atoms with Crippen LogP contribution in [-0.4, -0.2) is 56.9 Å². The van der Waals surface area contributed by atoms with Crippen molar-refractivity contribution in [1.82, 2.24) is 24.8 Å². The highest BCUT2D eigenvalue weighted by Crippen LogP contribution is 2.18. The van der Waals surface area contributed by atoms with Crippen molar-refractivity contribution in [1.29, 1.82) is 0 Å². The molecule has 10 heteroatoms. The molecule has 33 heavy (non-hydrogen) atoms. The third-order valence-corrected chi connectivity index (χ3v) is 6.24. The van der Waals surface area contributed by atoms with Crippen molar-refractivity contribution in [2.24, 2.45) is 5.73 Å². The van der Waals surface area contributed by atoms with E-state index in [2.05, 4.69) is 24.8 Å². The quantitative estimate of drug-likeness (QED) is 0.480. The van der Waals surface area contributed by atoms with Crippen LogP contribution in [0.2, 0.25) is 0 Å². The number of rotatable bonds is 4. The Bertz CT molecular complexity index is 1390. The molecular weight excluding hydrogens is 438 g/mol. The Balaban J connectivity index is 1.32. The van der Waals surface area contributed by atoms with Crippen LogP contribution in [-0.2, 0) is 0 Å². The minimum absolute atomic E-state index is 0.0433. The van der Waals surface area contributed by atoms with Crippen molar-refractivity contribution < 1.29 is 4.79 Å². The van der Waals surface area contributed by atoms with E-state index in [0.29, 0.717) is 42.8 Å². The van der Waals surface area contributed by atoms with Gasteiger partial charge in [0.2, 0.25) is 0 Å². The number of hydrogen-bond donors (Lipinski definition) is 2. The molecule has 1 amide bonds. The van der Waals surface area contributed by atoms with E-state index in [9.17, 15) is 9.59 Å². The van der Waals surface area contributed by atoms with E-state index in [-0.39, 0.29) is 22.9 Å². The largest absolute Gasteiger partial charge is 0.397 e. The number of nitrogens with one attached hydrogen (secondary N) is 1. The SMILES string of the molecule is N/C(=C\c1cccc(C(=O)N2CCN(c3cnccn3)CC2)c1)c1nc2cscc2[nH]c1=O. The van der Waals surface area contributed by atoms with Gasteiger partial charge in [0, 0.05) is 54.9 Å². The number of H-pyrrole nitrogens is 1. The molecule has 0 bridgehead atoms. The molecule has 3 aromatic heterocycles. The lowest BCUT2D eigenvalue weighted by Crippen LogP contribution is -2.49. The van der Waals surface area contributed by atoms with Gasteiger partial charge in [-0.25, -0.2) is 9.97 Å². The second-order valence-corrected chi connectivity index (χ2v) is 8.40. The van der Waals surface area contributed by atoms with Crippen molar-refractivity contribution in [3.63, 3.8) is 0 Å². The van der Waals surface area contributed by atoms with Crippen molar-refractivity contribution in [3.05, 3.63) is 80.8 Å². The molecule has 1 fully saturated rings. The smallest absolute Gasteiger partial charge is 0.276 e. The number of carbonyl (C=O) groups is 1. The van der Waals surface area contributed by atoms with Crippen molar-refractivity contribution in [2.75, 3.05) is 31.1 Å². The summed E-state index contributed by atoms with van der Waals surface area (Å²) in [4.78, 5) is 45.0. The highest BCUT2D eigenvalue weighted by atomic mass is 32.1. The first-order chi connectivity index (χ1) is 16.1. The lowest BCUT2D eigenvalue weighted by atomic mass is 10.1. The number of amides is 1. The Labute approximate surface area is 193 Å². The van der Waals surface area contributed by atoms with Crippen molar-refractivity contribution >= 4 is 45.9 Å². The fourth-order valence-electron chi connectivity index (χ4n) is 3.80. The lowest BCUT2D eigenvalue weighted by molar-refractivity contribution is 0.0746. The Kier molecular flexibility index (Phi) is 5.57. The molecule has 3 N–H and O–H groups in total. The summed E-state index contributed by atoms with van der Waals surface area (Å²) in [6, 6.07) is 7.21. The maximum Gasteiger partial charge on any atom is 0.276 e. The van der Waals surface area contributed by atoms with Gasteiger partial charge >= 0.3 is 0 Å². The first-order valence-electron chi connectivity index (χ1n) is 10.4. The van der Waals surface area contributed by atoms with E-state index in [0.717, 1.165) is 11.4 Å². The van der Waals surface area contributed by atoms with Crippen LogP contribution in [0.5, 0.6) is 0 Å². The van der Waals surface area contributed by atoms with E-state index in [1.165, 1.54) is 11.3 Å². The number of nitrogens with zero attached hydrogens (tertiary/aromatic N) is 5. The molecule has 0 radical (unpaired) electrons. The number of thiophene rings is 1. The number of hydrogen-bond acceptors (Lipinski definition) is 8. The fourth-order valence-corrected chi connectivity index (χ4v) is 4.50. The third kappa shape index (κ3) is 4.33. The summed E-state index contributed by atoms with van der Waals surface area (Å²) in [7, 11) is 0. The molecule has 1 aromatic carbocycles. The van der Waals surface area contributed by atoms with E-state index in [1.807, 2.05) is 27.8 Å². The Morgan fingerprint density at radius 3 is 2.79 bits per heavy atom. The van der Waals surface area contributed by atoms with Crippen LogP contribution in [0.3, 0.4) is 0 Å². The highest BCUT2D eigenvalue weighted by Gasteiger charge is 2.23. The van der Waals surface area contributed by atoms with Crippen molar-refractivity contribution in [2.45, 2.75) is 0 Å². The van der Waals surface area contributed by atoms with Gasteiger partial charge in [0.25, 0.3) is 11.5 Å². The molecule has 9 nitrogen and oxygen atoms in total. The van der Waals surface area contributed by atoms with Gasteiger partial charge in [-0.1, -0.05) is 12.1 Å². The number of benzene rings is 1. The van der Waals surface area contributed by atoms with E-state index in [4.69, 9.17) is 5.73 Å². The van der Waals surface area contributed by atoms with Gasteiger partial charge in [0.05, 0.1) is 22.9 Å². The molecule has 0 unspecified atom stereocenters. The zero-order valence-electron chi connectivity index (χ0n) is 17.6. The number of piperazine rings is 1. The average molecular weight is 460 g/mol. The van der Waals surface area contributed by atoms with Crippen LogP contribution in [0.25, 0.3) is 22.8 Å². The van der Waals surface area contributed by atoms with Gasteiger partial charge in [-0.2, -0.15) is 0 Å². The fraction of sp³-hybridized carbons (Fsp3) is 0.174. The summed E-state index contributed by atoms with van der Waals surface area (Å²) >= 11 is 1.46. The lowest BCUT2D eigenvalue weighted by Gasteiger charge is -2.35. The number of nitrogens with two attached hydrogens (primary N) is 1. The van der Waals surface area contributed by atoms with E-state index < -0.39 is 0 Å². The maximum atomic E-state index is 13.1. The second-order valence-electron chi connectivity index (χ2n) is 7.65. The summed E-state index contributed by atoms with van der Waals surface area (Å²) in [5.41, 5.74) is 8.93. The highest BCUT2D eigenvalue weighted by molar-refractivity contribution is 7.09. The summed E-state index contributed by atoms with van der Waals surface area (Å²) in [5, 5.41) is 3.68. The van der Waals surface area contributed by atoms with E-state index in [1.54, 1.807) is 36.8 Å². The molecule has 0 aliphatic carbocycles. The van der Waals surface area contributed by atoms with Gasteiger partial charge in [-0.05, 0) is 23.8 Å². The first kappa shape index (κ1) is 20.8. The van der Waals surface area contributed by atoms with E-state index >= 15 is 0 Å². The molecule has 4 aromatic rings. The molecule has 0 atom stereocenters. The molecular formula is C23H21N7O2S. The first-order valence-corrected chi connectivity index (χ1v) is 11.4. The van der Waals surface area contributed by atoms with Crippen molar-refractivity contribution in [3.8, 4) is 0 Å². The Hall–Kier alpha value is -4.05. The zero-order chi connectivity index (χ0) is 22.8. The molecule has 0 saturated carbocycles. The van der Waals surface area contributed by atoms with Crippen LogP contribution in [0, 0.1) is 0 Å². The minimum atomic E-state index is -0.345. The summed E-state index contributed by atoms with van der Waals surface area (Å²) in [6.07, 6.45) is 6.70. The average Bonchev–Trinajstić information content (AvgIpc) is 3.31. The number of aromatic amines is 1. The second kappa shape index (κ2) is 8.83. The summed E-state index contributed by atoms with van der Waals surface area (Å²) < 4.78 is 0. The molecule has 5 rings (SSSR count). The predicted molar refractivity (Wildman–Crippen MR) is 129 cm³/mol. The van der Waals surface area contributed by atoms with Gasteiger partial charge in [0.1, 0.15) is 5.82 Å². The van der Waals surface area contributed by atoms with Crippen LogP contribution < -0.4 is 16.2 Å². The van der Waals surface area contributed by atoms with Gasteiger partial charge in [-0.3, -0.25) is 14.6 Å².